The Morgan fingerprint density at radius 1 is 0.434 bits per heavy atom. The number of benzene rings is 7. The van der Waals surface area contributed by atoms with Crippen LogP contribution in [-0.2, 0) is 12.8 Å². The summed E-state index contributed by atoms with van der Waals surface area (Å²) in [6.07, 6.45) is 0.871. The number of phenols is 2. The summed E-state index contributed by atoms with van der Waals surface area (Å²) < 4.78 is 14.0. The van der Waals surface area contributed by atoms with Crippen LogP contribution in [0.5, 0.6) is 23.0 Å². The Bertz CT molecular complexity index is 2180. The molecule has 0 aliphatic rings. The van der Waals surface area contributed by atoms with Crippen LogP contribution >= 0.6 is 6.83 Å². The molecule has 4 nitrogen and oxygen atoms in total. The van der Waals surface area contributed by atoms with Gasteiger partial charge in [0.2, 0.25) is 0 Å². The zero-order valence-electron chi connectivity index (χ0n) is 30.7. The van der Waals surface area contributed by atoms with Crippen molar-refractivity contribution in [2.24, 2.45) is 0 Å². The van der Waals surface area contributed by atoms with Crippen LogP contribution in [0, 0.1) is 20.8 Å². The van der Waals surface area contributed by atoms with Gasteiger partial charge in [-0.2, -0.15) is 0 Å². The molecule has 5 heteroatoms. The van der Waals surface area contributed by atoms with Gasteiger partial charge in [0.1, 0.15) is 0 Å². The molecule has 0 heterocycles. The van der Waals surface area contributed by atoms with Crippen molar-refractivity contribution < 1.29 is 19.5 Å². The van der Waals surface area contributed by atoms with Crippen LogP contribution < -0.4 is 30.5 Å². The molecule has 0 saturated heterocycles. The molecule has 0 aromatic heterocycles. The van der Waals surface area contributed by atoms with Crippen molar-refractivity contribution in [2.75, 3.05) is 7.11 Å². The molecule has 0 radical (unpaired) electrons. The minimum absolute atomic E-state index is 0.239. The van der Waals surface area contributed by atoms with E-state index in [2.05, 4.69) is 104 Å². The van der Waals surface area contributed by atoms with E-state index in [1.807, 2.05) is 68.4 Å². The molecule has 0 spiro atoms. The first-order valence-electron chi connectivity index (χ1n) is 17.9. The van der Waals surface area contributed by atoms with Crippen LogP contribution in [0.1, 0.15) is 38.9 Å². The number of phenolic OH excluding ortho intramolecular Hbond substituents is 2. The number of ether oxygens (including phenoxy) is 1. The van der Waals surface area contributed by atoms with Crippen LogP contribution in [0.3, 0.4) is 0 Å². The zero-order chi connectivity index (χ0) is 37.0. The second-order valence-corrected chi connectivity index (χ2v) is 18.2. The first-order valence-corrected chi connectivity index (χ1v) is 20.1. The Balaban J connectivity index is 1.65. The normalized spacial score (nSPS) is 12.1. The molecular formula is C48H45O4P. The van der Waals surface area contributed by atoms with Gasteiger partial charge in [-0.1, -0.05) is 0 Å². The fraction of sp³-hybridized carbons (Fsp3) is 0.125. The van der Waals surface area contributed by atoms with Crippen molar-refractivity contribution in [3.05, 3.63) is 203 Å². The minimum atomic E-state index is -4.22. The molecule has 266 valence electrons. The molecule has 0 saturated carbocycles. The Morgan fingerprint density at radius 3 is 1.21 bits per heavy atom. The molecular weight excluding hydrogens is 671 g/mol. The van der Waals surface area contributed by atoms with Gasteiger partial charge in [-0.25, -0.2) is 0 Å². The maximum atomic E-state index is 11.2. The number of aromatic hydroxyl groups is 2. The van der Waals surface area contributed by atoms with E-state index < -0.39 is 6.83 Å². The fourth-order valence-corrected chi connectivity index (χ4v) is 13.5. The third-order valence-electron chi connectivity index (χ3n) is 10.2. The second kappa shape index (κ2) is 14.7. The first-order chi connectivity index (χ1) is 25.7. The summed E-state index contributed by atoms with van der Waals surface area (Å²) in [5.74, 6) is 1.95. The van der Waals surface area contributed by atoms with Crippen molar-refractivity contribution in [1.82, 2.24) is 0 Å². The van der Waals surface area contributed by atoms with Gasteiger partial charge >= 0.3 is 314 Å². The maximum absolute atomic E-state index is 11.2. The zero-order valence-corrected chi connectivity index (χ0v) is 31.6. The van der Waals surface area contributed by atoms with Crippen molar-refractivity contribution in [3.8, 4) is 23.0 Å². The summed E-state index contributed by atoms with van der Waals surface area (Å²) in [6.45, 7) is 1.95. The predicted molar refractivity (Wildman–Crippen MR) is 221 cm³/mol. The molecule has 0 aliphatic carbocycles. The van der Waals surface area contributed by atoms with Crippen molar-refractivity contribution in [2.45, 2.75) is 33.6 Å². The summed E-state index contributed by atoms with van der Waals surface area (Å²) in [7, 11) is 1.68. The van der Waals surface area contributed by atoms with E-state index in [0.29, 0.717) is 12.8 Å². The fourth-order valence-electron chi connectivity index (χ4n) is 7.72. The standard InChI is InChI=1S/C48H45O4P/c1-34-20-26-46(49)37(28-34)32-39-30-36(3)31-40(33-38-29-35(2)21-27-47(38)50)48(39)52-53(42-14-8-5-9-15-42,43-16-10-6-11-17-43,44-18-12-7-13-19-44)45-24-22-41(51-4)23-25-45/h5-31,49-50H,32-33H2,1-4H3. The summed E-state index contributed by atoms with van der Waals surface area (Å²) in [6, 6.07) is 55.9. The van der Waals surface area contributed by atoms with E-state index in [1.165, 1.54) is 0 Å². The molecule has 0 fully saturated rings. The molecule has 0 bridgehead atoms. The van der Waals surface area contributed by atoms with E-state index in [1.54, 1.807) is 19.2 Å². The van der Waals surface area contributed by atoms with E-state index >= 15 is 0 Å². The topological polar surface area (TPSA) is 58.9 Å². The number of methoxy groups -OCH3 is 1. The quantitative estimate of drug-likeness (QED) is 0.131. The van der Waals surface area contributed by atoms with Crippen molar-refractivity contribution in [1.29, 1.82) is 0 Å². The Kier molecular flexibility index (Phi) is 9.84. The third-order valence-corrected chi connectivity index (χ3v) is 15.9. The van der Waals surface area contributed by atoms with E-state index in [0.717, 1.165) is 71.7 Å². The molecule has 0 aliphatic heterocycles. The number of rotatable bonds is 11. The molecule has 53 heavy (non-hydrogen) atoms. The van der Waals surface area contributed by atoms with Gasteiger partial charge in [0, 0.05) is 0 Å². The summed E-state index contributed by atoms with van der Waals surface area (Å²) in [4.78, 5) is 0. The van der Waals surface area contributed by atoms with Crippen molar-refractivity contribution >= 4 is 28.0 Å². The van der Waals surface area contributed by atoms with Gasteiger partial charge in [0.25, 0.3) is 0 Å². The number of hydrogen-bond donors (Lipinski definition) is 2. The number of aryl methyl sites for hydroxylation is 3. The average molecular weight is 717 g/mol. The van der Waals surface area contributed by atoms with E-state index in [9.17, 15) is 10.2 Å². The molecule has 7 aromatic carbocycles. The third kappa shape index (κ3) is 6.45. The van der Waals surface area contributed by atoms with Crippen LogP contribution in [-0.4, -0.2) is 17.3 Å². The molecule has 0 amide bonds. The molecule has 2 N–H and O–H groups in total. The second-order valence-electron chi connectivity index (χ2n) is 13.9. The predicted octanol–water partition coefficient (Wildman–Crippen LogP) is 9.36. The van der Waals surface area contributed by atoms with Gasteiger partial charge in [0.05, 0.1) is 0 Å². The molecule has 0 unspecified atom stereocenters. The van der Waals surface area contributed by atoms with Gasteiger partial charge in [0.15, 0.2) is 0 Å². The van der Waals surface area contributed by atoms with Gasteiger partial charge in [-0.3, -0.25) is 0 Å². The van der Waals surface area contributed by atoms with Crippen LogP contribution in [0.25, 0.3) is 0 Å². The first kappa shape index (κ1) is 35.6. The van der Waals surface area contributed by atoms with Gasteiger partial charge in [-0.15, -0.1) is 0 Å². The summed E-state index contributed by atoms with van der Waals surface area (Å²) in [5.41, 5.74) is 6.70. The van der Waals surface area contributed by atoms with Crippen molar-refractivity contribution in [3.63, 3.8) is 0 Å². The molecule has 7 aromatic rings. The Hall–Kier alpha value is -5.83. The SMILES string of the molecule is COc1ccc(P(Oc2c(Cc3cc(C)ccc3O)cc(C)cc2Cc2cc(C)ccc2O)(c2ccccc2)(c2ccccc2)c2ccccc2)cc1. The van der Waals surface area contributed by atoms with E-state index in [-0.39, 0.29) is 11.5 Å². The number of hydrogen-bond acceptors (Lipinski definition) is 4. The average Bonchev–Trinajstić information content (AvgIpc) is 3.19. The monoisotopic (exact) mass is 716 g/mol. The molecule has 0 atom stereocenters. The van der Waals surface area contributed by atoms with Crippen LogP contribution in [0.2, 0.25) is 0 Å². The molecule has 7 rings (SSSR count). The van der Waals surface area contributed by atoms with Crippen LogP contribution in [0.4, 0.5) is 0 Å². The van der Waals surface area contributed by atoms with Crippen LogP contribution in [0.15, 0.2) is 164 Å². The Labute approximate surface area is 313 Å². The van der Waals surface area contributed by atoms with Gasteiger partial charge < -0.3 is 0 Å². The summed E-state index contributed by atoms with van der Waals surface area (Å²) in [5, 5.41) is 26.5. The summed E-state index contributed by atoms with van der Waals surface area (Å²) >= 11 is 0. The van der Waals surface area contributed by atoms with Gasteiger partial charge in [-0.05, 0) is 0 Å². The van der Waals surface area contributed by atoms with E-state index in [4.69, 9.17) is 9.26 Å². The Morgan fingerprint density at radius 2 is 0.811 bits per heavy atom.